The molecule has 5 heteroatoms. The van der Waals surface area contributed by atoms with E-state index in [0.717, 1.165) is 36.5 Å². The van der Waals surface area contributed by atoms with Gasteiger partial charge in [0.1, 0.15) is 5.69 Å². The highest BCUT2D eigenvalue weighted by atomic mass is 32.1. The molecular formula is C56H75N3SSi+2. The van der Waals surface area contributed by atoms with Crippen LogP contribution in [0, 0.1) is 5.92 Å². The number of nitrogens with zero attached hydrogens (tertiary/aromatic N) is 2. The van der Waals surface area contributed by atoms with E-state index in [1.54, 1.807) is 26.8 Å². The average Bonchev–Trinajstić information content (AvgIpc) is 3.62. The quantitative estimate of drug-likeness (QED) is 0.0344. The Morgan fingerprint density at radius 1 is 0.902 bits per heavy atom. The van der Waals surface area contributed by atoms with Gasteiger partial charge >= 0.3 is 0 Å². The average molecular weight is 850 g/mol. The number of rotatable bonds is 16. The van der Waals surface area contributed by atoms with Crippen molar-refractivity contribution in [2.75, 3.05) is 19.4 Å². The second-order valence-corrected chi connectivity index (χ2v) is 25.6. The summed E-state index contributed by atoms with van der Waals surface area (Å²) in [5, 5.41) is 6.93. The number of benzene rings is 3. The first-order chi connectivity index (χ1) is 29.3. The molecule has 3 aromatic carbocycles. The van der Waals surface area contributed by atoms with Gasteiger partial charge in [-0.3, -0.25) is 4.48 Å². The van der Waals surface area contributed by atoms with Crippen LogP contribution in [0.4, 0.5) is 11.4 Å². The highest BCUT2D eigenvalue weighted by molar-refractivity contribution is 7.19. The summed E-state index contributed by atoms with van der Waals surface area (Å²) in [5.41, 5.74) is 13.3. The third kappa shape index (κ3) is 9.80. The lowest BCUT2D eigenvalue weighted by molar-refractivity contribution is -0.678. The summed E-state index contributed by atoms with van der Waals surface area (Å²) in [6, 6.07) is 31.3. The van der Waals surface area contributed by atoms with Crippen LogP contribution in [0.3, 0.4) is 0 Å². The normalized spacial score (nSPS) is 17.1. The van der Waals surface area contributed by atoms with Gasteiger partial charge in [0.05, 0.1) is 22.2 Å². The standard InChI is InChI=1S/C56H75N3SSi/c1-11-24-46(40(3)4)42(6)57-51-31-20-21-32-53(51)59(7,8)41(5)38-58-39-56-50(43-25-14-13-15-26-43)37-52(58)48-29-18-17-28-47(48)44(35-36-61(56,9)10)27-16-22-33-54-45(12-2)49-30-19-23-34-55(49)60-54/h17-21,23-24,28-32,34,37,39-40,43-44,57H,5-6,11-16,22,25-27,33,35-36,38H2,1-4,7-10H3/q+2/b46-24-. The molecule has 5 aromatic rings. The van der Waals surface area contributed by atoms with Crippen molar-refractivity contribution in [1.82, 2.24) is 4.48 Å². The molecular weight excluding hydrogens is 775 g/mol. The summed E-state index contributed by atoms with van der Waals surface area (Å²) in [7, 11) is 2.78. The molecule has 2 aromatic heterocycles. The molecule has 0 spiro atoms. The predicted molar refractivity (Wildman–Crippen MR) is 271 cm³/mol. The minimum atomic E-state index is -1.84. The molecule has 1 N–H and O–H groups in total. The molecule has 1 aliphatic carbocycles. The van der Waals surface area contributed by atoms with E-state index in [4.69, 9.17) is 6.58 Å². The third-order valence-electron chi connectivity index (χ3n) is 14.4. The summed E-state index contributed by atoms with van der Waals surface area (Å²) >= 11 is 2.03. The van der Waals surface area contributed by atoms with Gasteiger partial charge in [0.15, 0.2) is 17.6 Å². The van der Waals surface area contributed by atoms with Gasteiger partial charge in [0.2, 0.25) is 12.2 Å². The van der Waals surface area contributed by atoms with Gasteiger partial charge in [-0.2, -0.15) is 4.57 Å². The van der Waals surface area contributed by atoms with Crippen LogP contribution in [0.25, 0.3) is 21.3 Å². The van der Waals surface area contributed by atoms with E-state index in [1.165, 1.54) is 103 Å². The molecule has 1 unspecified atom stereocenters. The summed E-state index contributed by atoms with van der Waals surface area (Å²) in [5.74, 6) is 1.61. The molecule has 0 radical (unpaired) electrons. The minimum absolute atomic E-state index is 0.397. The lowest BCUT2D eigenvalue weighted by Crippen LogP contribution is -2.53. The molecule has 61 heavy (non-hydrogen) atoms. The molecule has 2 aliphatic heterocycles. The zero-order valence-electron chi connectivity index (χ0n) is 39.0. The SMILES string of the molecule is C=C(Nc1ccccc1[N+](C)(C)C(=C)C[n+]1cc2c(C3CCCCC3)cc1-c1ccccc1C(CCCCc1sc3ccccc3c1CC)CC[Si]2(C)C)/C(=C\CC)C(C)C. The summed E-state index contributed by atoms with van der Waals surface area (Å²) in [6.07, 6.45) is 20.0. The first kappa shape index (κ1) is 45.0. The first-order valence-electron chi connectivity index (χ1n) is 23.8. The van der Waals surface area contributed by atoms with Crippen LogP contribution in [0.15, 0.2) is 121 Å². The third-order valence-corrected chi connectivity index (χ3v) is 19.1. The van der Waals surface area contributed by atoms with Crippen LogP contribution in [-0.4, -0.2) is 22.2 Å². The van der Waals surface area contributed by atoms with E-state index in [9.17, 15) is 0 Å². The summed E-state index contributed by atoms with van der Waals surface area (Å²) in [6.45, 7) is 24.6. The van der Waals surface area contributed by atoms with Crippen molar-refractivity contribution in [3.63, 3.8) is 0 Å². The van der Waals surface area contributed by atoms with Crippen molar-refractivity contribution in [2.24, 2.45) is 5.92 Å². The molecule has 3 aliphatic rings. The number of pyridine rings is 1. The Balaban J connectivity index is 1.23. The predicted octanol–water partition coefficient (Wildman–Crippen LogP) is 15.0. The van der Waals surface area contributed by atoms with Crippen molar-refractivity contribution in [3.8, 4) is 11.3 Å². The molecule has 0 amide bonds. The summed E-state index contributed by atoms with van der Waals surface area (Å²) in [4.78, 5) is 1.61. The number of hydrogen-bond donors (Lipinski definition) is 1. The number of quaternary nitrogens is 1. The Kier molecular flexibility index (Phi) is 14.4. The van der Waals surface area contributed by atoms with E-state index in [1.807, 2.05) is 11.3 Å². The highest BCUT2D eigenvalue weighted by Gasteiger charge is 2.38. The Morgan fingerprint density at radius 2 is 1.62 bits per heavy atom. The van der Waals surface area contributed by atoms with E-state index in [-0.39, 0.29) is 0 Å². The van der Waals surface area contributed by atoms with Crippen LogP contribution in [0.5, 0.6) is 0 Å². The van der Waals surface area contributed by atoms with E-state index >= 15 is 0 Å². The zero-order chi connectivity index (χ0) is 43.3. The van der Waals surface area contributed by atoms with Crippen molar-refractivity contribution in [1.29, 1.82) is 0 Å². The lowest BCUT2D eigenvalue weighted by atomic mass is 9.82. The number of aryl methyl sites for hydroxylation is 2. The number of likely N-dealkylation sites (N-methyl/N-ethyl adjacent to an activating group) is 1. The number of unbranched alkanes of at least 4 members (excludes halogenated alkanes) is 1. The fraction of sp³-hybridized carbons (Fsp3) is 0.446. The number of nitrogens with one attached hydrogen (secondary N) is 1. The maximum atomic E-state index is 4.92. The van der Waals surface area contributed by atoms with Crippen LogP contribution in [-0.2, 0) is 19.4 Å². The van der Waals surface area contributed by atoms with Gasteiger partial charge in [-0.1, -0.05) is 134 Å². The van der Waals surface area contributed by atoms with Gasteiger partial charge in [-0.15, -0.1) is 11.3 Å². The maximum absolute atomic E-state index is 4.92. The van der Waals surface area contributed by atoms with Gasteiger partial charge in [0.25, 0.3) is 0 Å². The molecule has 3 nitrogen and oxygen atoms in total. The Bertz CT molecular complexity index is 2370. The topological polar surface area (TPSA) is 15.9 Å². The van der Waals surface area contributed by atoms with Crippen LogP contribution in [0.2, 0.25) is 19.1 Å². The van der Waals surface area contributed by atoms with E-state index in [2.05, 4.69) is 162 Å². The molecule has 2 bridgehead atoms. The Hall–Kier alpha value is -4.03. The second-order valence-electron chi connectivity index (χ2n) is 19.7. The molecule has 4 heterocycles. The maximum Gasteiger partial charge on any atom is 0.221 e. The fourth-order valence-electron chi connectivity index (χ4n) is 10.7. The van der Waals surface area contributed by atoms with Crippen molar-refractivity contribution in [3.05, 3.63) is 143 Å². The minimum Gasteiger partial charge on any atom is -0.351 e. The Morgan fingerprint density at radius 3 is 2.38 bits per heavy atom. The number of para-hydroxylation sites is 2. The van der Waals surface area contributed by atoms with Crippen LogP contribution in [0.1, 0.15) is 125 Å². The number of anilines is 1. The van der Waals surface area contributed by atoms with Crippen molar-refractivity contribution >= 4 is 46.1 Å². The number of allylic oxidation sites excluding steroid dienone is 3. The molecule has 8 rings (SSSR count). The molecule has 1 fully saturated rings. The largest absolute Gasteiger partial charge is 0.351 e. The number of thiophene rings is 1. The molecule has 1 atom stereocenters. The van der Waals surface area contributed by atoms with Crippen molar-refractivity contribution in [2.45, 2.75) is 142 Å². The van der Waals surface area contributed by atoms with E-state index < -0.39 is 8.07 Å². The van der Waals surface area contributed by atoms with Crippen LogP contribution >= 0.6 is 11.3 Å². The first-order valence-corrected chi connectivity index (χ1v) is 27.8. The smallest absolute Gasteiger partial charge is 0.221 e. The lowest BCUT2D eigenvalue weighted by Gasteiger charge is -2.34. The van der Waals surface area contributed by atoms with Crippen molar-refractivity contribution < 1.29 is 4.57 Å². The Labute approximate surface area is 374 Å². The van der Waals surface area contributed by atoms with Gasteiger partial charge in [-0.25, -0.2) is 0 Å². The van der Waals surface area contributed by atoms with Crippen LogP contribution < -0.4 is 19.6 Å². The number of fused-ring (bicyclic) bond motifs is 6. The monoisotopic (exact) mass is 850 g/mol. The number of hydrogen-bond acceptors (Lipinski definition) is 2. The number of aromatic nitrogens is 1. The zero-order valence-corrected chi connectivity index (χ0v) is 40.8. The molecule has 1 saturated carbocycles. The molecule has 0 saturated heterocycles. The fourth-order valence-corrected chi connectivity index (χ4v) is 14.9. The summed E-state index contributed by atoms with van der Waals surface area (Å²) < 4.78 is 4.65. The van der Waals surface area contributed by atoms with E-state index in [0.29, 0.717) is 22.2 Å². The van der Waals surface area contributed by atoms with Gasteiger partial charge in [-0.05, 0) is 122 Å². The highest BCUT2D eigenvalue weighted by Crippen LogP contribution is 2.42. The molecule has 322 valence electrons. The van der Waals surface area contributed by atoms with Gasteiger partial charge in [0, 0.05) is 38.2 Å². The van der Waals surface area contributed by atoms with Gasteiger partial charge < -0.3 is 5.32 Å². The second kappa shape index (κ2) is 19.6.